The number of hydrogen-bond donors (Lipinski definition) is 1. The molecule has 2 heterocycles. The van der Waals surface area contributed by atoms with Crippen molar-refractivity contribution in [2.45, 2.75) is 25.2 Å². The van der Waals surface area contributed by atoms with Gasteiger partial charge in [-0.25, -0.2) is 8.78 Å². The summed E-state index contributed by atoms with van der Waals surface area (Å²) in [6.45, 7) is 1.82. The number of β-amino-alcohol motifs (C(OH)–C–C–N with tert-alkyl or cyclic N) is 1. The summed E-state index contributed by atoms with van der Waals surface area (Å²) in [5.41, 5.74) is 0. The van der Waals surface area contributed by atoms with E-state index in [0.717, 1.165) is 28.1 Å². The topological polar surface area (TPSA) is 32.7 Å². The van der Waals surface area contributed by atoms with Gasteiger partial charge in [0, 0.05) is 42.7 Å². The van der Waals surface area contributed by atoms with Gasteiger partial charge in [0.2, 0.25) is 0 Å². The van der Waals surface area contributed by atoms with E-state index in [4.69, 9.17) is 16.3 Å². The van der Waals surface area contributed by atoms with Crippen LogP contribution in [0.4, 0.5) is 8.78 Å². The first-order valence-corrected chi connectivity index (χ1v) is 8.52. The smallest absolute Gasteiger partial charge is 0.129 e. The van der Waals surface area contributed by atoms with Crippen molar-refractivity contribution in [2.24, 2.45) is 0 Å². The maximum absolute atomic E-state index is 13.2. The van der Waals surface area contributed by atoms with Gasteiger partial charge in [-0.05, 0) is 17.9 Å². The molecule has 1 aliphatic rings. The van der Waals surface area contributed by atoms with Crippen LogP contribution in [0.3, 0.4) is 0 Å². The lowest BCUT2D eigenvalue weighted by Crippen LogP contribution is -2.48. The number of hydrogen-bond acceptors (Lipinski definition) is 4. The number of rotatable bonds is 4. The highest BCUT2D eigenvalue weighted by Gasteiger charge is 2.29. The van der Waals surface area contributed by atoms with Crippen molar-refractivity contribution in [3.05, 3.63) is 51.2 Å². The van der Waals surface area contributed by atoms with Crippen LogP contribution in [-0.2, 0) is 6.54 Å². The van der Waals surface area contributed by atoms with Crippen LogP contribution in [0.2, 0.25) is 5.02 Å². The van der Waals surface area contributed by atoms with Crippen LogP contribution in [0.1, 0.15) is 11.3 Å². The van der Waals surface area contributed by atoms with E-state index >= 15 is 0 Å². The third-order valence-electron chi connectivity index (χ3n) is 3.79. The van der Waals surface area contributed by atoms with Crippen molar-refractivity contribution >= 4 is 22.9 Å². The first-order valence-electron chi connectivity index (χ1n) is 7.26. The molecule has 0 radical (unpaired) electrons. The minimum Gasteiger partial charge on any atom is -0.487 e. The summed E-state index contributed by atoms with van der Waals surface area (Å²) in [5.74, 6) is -1.29. The Morgan fingerprint density at radius 2 is 2.04 bits per heavy atom. The molecule has 2 aromatic rings. The first-order chi connectivity index (χ1) is 11.0. The average Bonchev–Trinajstić information content (AvgIpc) is 2.86. The third-order valence-corrected chi connectivity index (χ3v) is 5.16. The maximum atomic E-state index is 13.2. The molecule has 2 atom stereocenters. The van der Waals surface area contributed by atoms with E-state index < -0.39 is 23.8 Å². The summed E-state index contributed by atoms with van der Waals surface area (Å²) in [5, 5.41) is 12.9. The molecule has 7 heteroatoms. The molecular weight excluding hydrogens is 344 g/mol. The lowest BCUT2D eigenvalue weighted by Gasteiger charge is -2.35. The number of aliphatic hydroxyl groups excluding tert-OH is 1. The van der Waals surface area contributed by atoms with E-state index in [0.29, 0.717) is 26.1 Å². The van der Waals surface area contributed by atoms with E-state index in [1.165, 1.54) is 0 Å². The molecular formula is C16H16ClF2NO2S. The molecule has 124 valence electrons. The second-order valence-electron chi connectivity index (χ2n) is 5.54. The van der Waals surface area contributed by atoms with E-state index in [-0.39, 0.29) is 5.75 Å². The molecule has 1 saturated heterocycles. The molecule has 1 N–H and O–H groups in total. The molecule has 0 spiro atoms. The van der Waals surface area contributed by atoms with E-state index in [2.05, 4.69) is 4.90 Å². The summed E-state index contributed by atoms with van der Waals surface area (Å²) in [6, 6.07) is 4.88. The Morgan fingerprint density at radius 3 is 2.65 bits per heavy atom. The van der Waals surface area contributed by atoms with Crippen LogP contribution >= 0.6 is 22.9 Å². The van der Waals surface area contributed by atoms with Gasteiger partial charge in [-0.15, -0.1) is 11.3 Å². The number of piperidine rings is 1. The van der Waals surface area contributed by atoms with Crippen molar-refractivity contribution in [3.8, 4) is 5.75 Å². The second kappa shape index (κ2) is 7.13. The predicted molar refractivity (Wildman–Crippen MR) is 86.0 cm³/mol. The van der Waals surface area contributed by atoms with Crippen molar-refractivity contribution in [1.29, 1.82) is 0 Å². The van der Waals surface area contributed by atoms with Crippen LogP contribution in [0, 0.1) is 11.6 Å². The number of likely N-dealkylation sites (tertiary alicyclic amines) is 1. The third kappa shape index (κ3) is 4.20. The number of benzene rings is 1. The van der Waals surface area contributed by atoms with Gasteiger partial charge >= 0.3 is 0 Å². The fourth-order valence-electron chi connectivity index (χ4n) is 2.67. The second-order valence-corrected chi connectivity index (χ2v) is 6.95. The van der Waals surface area contributed by atoms with Gasteiger partial charge < -0.3 is 9.84 Å². The summed E-state index contributed by atoms with van der Waals surface area (Å²) in [4.78, 5) is 3.15. The number of thiophene rings is 1. The molecule has 3 nitrogen and oxygen atoms in total. The number of halogens is 3. The van der Waals surface area contributed by atoms with E-state index in [1.54, 1.807) is 11.3 Å². The maximum Gasteiger partial charge on any atom is 0.129 e. The molecule has 1 fully saturated rings. The quantitative estimate of drug-likeness (QED) is 0.903. The molecule has 1 aromatic heterocycles. The predicted octanol–water partition coefficient (Wildman–Crippen LogP) is 3.69. The Labute approximate surface area is 142 Å². The molecule has 1 aromatic carbocycles. The molecule has 23 heavy (non-hydrogen) atoms. The lowest BCUT2D eigenvalue weighted by molar-refractivity contribution is -0.0274. The number of ether oxygens (including phenoxy) is 1. The monoisotopic (exact) mass is 359 g/mol. The van der Waals surface area contributed by atoms with Crippen LogP contribution in [-0.4, -0.2) is 35.3 Å². The summed E-state index contributed by atoms with van der Waals surface area (Å²) < 4.78 is 31.9. The SMILES string of the molecule is O[C@@H]1CN(Cc2sccc2Cl)CC[C@H]1Oc1cc(F)cc(F)c1. The van der Waals surface area contributed by atoms with Crippen molar-refractivity contribution in [1.82, 2.24) is 4.90 Å². The van der Waals surface area contributed by atoms with Crippen molar-refractivity contribution in [2.75, 3.05) is 13.1 Å². The zero-order valence-corrected chi connectivity index (χ0v) is 13.8. The van der Waals surface area contributed by atoms with Crippen LogP contribution < -0.4 is 4.74 Å². The number of nitrogens with zero attached hydrogens (tertiary/aromatic N) is 1. The molecule has 1 aliphatic heterocycles. The highest BCUT2D eigenvalue weighted by Crippen LogP contribution is 2.26. The Kier molecular flexibility index (Phi) is 5.16. The van der Waals surface area contributed by atoms with Crippen molar-refractivity contribution in [3.63, 3.8) is 0 Å². The Morgan fingerprint density at radius 1 is 1.30 bits per heavy atom. The van der Waals surface area contributed by atoms with Gasteiger partial charge in [0.25, 0.3) is 0 Å². The summed E-state index contributed by atoms with van der Waals surface area (Å²) in [6.07, 6.45) is -0.637. The number of aliphatic hydroxyl groups is 1. The Hall–Kier alpha value is -1.21. The van der Waals surface area contributed by atoms with E-state index in [9.17, 15) is 13.9 Å². The summed E-state index contributed by atoms with van der Waals surface area (Å²) in [7, 11) is 0. The van der Waals surface area contributed by atoms with Crippen LogP contribution in [0.25, 0.3) is 0 Å². The minimum absolute atomic E-state index is 0.0984. The van der Waals surface area contributed by atoms with Gasteiger partial charge in [0.05, 0.1) is 5.02 Å². The fourth-order valence-corrected chi connectivity index (χ4v) is 3.81. The molecule has 0 saturated carbocycles. The first kappa shape index (κ1) is 16.6. The lowest BCUT2D eigenvalue weighted by atomic mass is 10.0. The zero-order valence-electron chi connectivity index (χ0n) is 12.2. The van der Waals surface area contributed by atoms with E-state index in [1.807, 2.05) is 11.4 Å². The highest BCUT2D eigenvalue weighted by atomic mass is 35.5. The minimum atomic E-state index is -0.728. The average molecular weight is 360 g/mol. The normalized spacial score (nSPS) is 22.3. The zero-order chi connectivity index (χ0) is 16.4. The van der Waals surface area contributed by atoms with Gasteiger partial charge in [0.15, 0.2) is 0 Å². The fraction of sp³-hybridized carbons (Fsp3) is 0.375. The van der Waals surface area contributed by atoms with Gasteiger partial charge in [0.1, 0.15) is 29.6 Å². The largest absolute Gasteiger partial charge is 0.487 e. The van der Waals surface area contributed by atoms with Crippen LogP contribution in [0.5, 0.6) is 5.75 Å². The molecule has 0 amide bonds. The van der Waals surface area contributed by atoms with Gasteiger partial charge in [-0.3, -0.25) is 4.90 Å². The van der Waals surface area contributed by atoms with Gasteiger partial charge in [-0.1, -0.05) is 11.6 Å². The standard InChI is InChI=1S/C16H16ClF2NO2S/c17-13-2-4-23-16(13)9-20-3-1-15(14(21)8-20)22-12-6-10(18)5-11(19)7-12/h2,4-7,14-15,21H,1,3,8-9H2/t14-,15-/m1/s1. The molecule has 0 aliphatic carbocycles. The van der Waals surface area contributed by atoms with Crippen molar-refractivity contribution < 1.29 is 18.6 Å². The molecule has 0 bridgehead atoms. The van der Waals surface area contributed by atoms with Crippen LogP contribution in [0.15, 0.2) is 29.6 Å². The summed E-state index contributed by atoms with van der Waals surface area (Å²) >= 11 is 7.67. The Balaban J connectivity index is 1.59. The Bertz CT molecular complexity index is 662. The highest BCUT2D eigenvalue weighted by molar-refractivity contribution is 7.10. The molecule has 0 unspecified atom stereocenters. The van der Waals surface area contributed by atoms with Gasteiger partial charge in [-0.2, -0.15) is 0 Å². The molecule has 3 rings (SSSR count).